The van der Waals surface area contributed by atoms with E-state index in [1.54, 1.807) is 0 Å². The molecule has 1 amide bonds. The number of hydrogen-bond acceptors (Lipinski definition) is 6. The van der Waals surface area contributed by atoms with Crippen LogP contribution < -0.4 is 0 Å². The molecule has 0 aromatic carbocycles. The molecule has 0 radical (unpaired) electrons. The lowest BCUT2D eigenvalue weighted by Crippen LogP contribution is -2.52. The van der Waals surface area contributed by atoms with Crippen LogP contribution in [0.5, 0.6) is 0 Å². The summed E-state index contributed by atoms with van der Waals surface area (Å²) < 4.78 is 30.0. The van der Waals surface area contributed by atoms with Crippen LogP contribution in [0.3, 0.4) is 0 Å². The summed E-state index contributed by atoms with van der Waals surface area (Å²) in [5.74, 6) is -0.469. The predicted octanol–water partition coefficient (Wildman–Crippen LogP) is -0.286. The maximum Gasteiger partial charge on any atom is 0.318 e. The molecule has 1 atom stereocenters. The Morgan fingerprint density at radius 1 is 1.22 bits per heavy atom. The number of rotatable bonds is 7. The molecule has 0 spiro atoms. The number of nitrogens with zero attached hydrogens (tertiary/aromatic N) is 3. The van der Waals surface area contributed by atoms with Crippen LogP contribution in [0.25, 0.3) is 0 Å². The number of amides is 1. The Morgan fingerprint density at radius 2 is 1.85 bits per heavy atom. The standard InChI is InChI=1S/C16H29N3O6S.ClH/c1-13-3-5-18(6-4-13)15(20)11-17-7-8-25-14(9-17)10-19(12-16(21)22)26(2,23)24;/h13-14H,3-12H2,1-2H3,(H,21,22);1H. The molecule has 2 rings (SSSR count). The summed E-state index contributed by atoms with van der Waals surface area (Å²) >= 11 is 0. The summed E-state index contributed by atoms with van der Waals surface area (Å²) in [5, 5.41) is 8.90. The molecule has 27 heavy (non-hydrogen) atoms. The monoisotopic (exact) mass is 427 g/mol. The molecule has 2 fully saturated rings. The molecule has 158 valence electrons. The summed E-state index contributed by atoms with van der Waals surface area (Å²) in [6, 6.07) is 0. The molecule has 2 aliphatic rings. The van der Waals surface area contributed by atoms with Gasteiger partial charge in [0.25, 0.3) is 0 Å². The van der Waals surface area contributed by atoms with Crippen LogP contribution in [0.2, 0.25) is 0 Å². The Kier molecular flexibility index (Phi) is 9.43. The maximum absolute atomic E-state index is 12.5. The number of likely N-dealkylation sites (tertiary alicyclic amines) is 1. The minimum absolute atomic E-state index is 0. The van der Waals surface area contributed by atoms with Crippen LogP contribution in [-0.2, 0) is 24.3 Å². The molecule has 9 nitrogen and oxygen atoms in total. The van der Waals surface area contributed by atoms with E-state index >= 15 is 0 Å². The summed E-state index contributed by atoms with van der Waals surface area (Å²) in [7, 11) is -3.64. The fourth-order valence-electron chi connectivity index (χ4n) is 3.28. The zero-order valence-electron chi connectivity index (χ0n) is 15.9. The van der Waals surface area contributed by atoms with Crippen molar-refractivity contribution < 1.29 is 27.9 Å². The molecule has 1 unspecified atom stereocenters. The van der Waals surface area contributed by atoms with Gasteiger partial charge in [0.05, 0.1) is 25.5 Å². The van der Waals surface area contributed by atoms with Gasteiger partial charge in [-0.05, 0) is 18.8 Å². The summed E-state index contributed by atoms with van der Waals surface area (Å²) in [4.78, 5) is 27.2. The molecule has 0 saturated carbocycles. The fraction of sp³-hybridized carbons (Fsp3) is 0.875. The number of carbonyl (C=O) groups excluding carboxylic acids is 1. The SMILES string of the molecule is CC1CCN(C(=O)CN2CCOC(CN(CC(=O)O)S(C)(=O)=O)C2)CC1.Cl. The summed E-state index contributed by atoms with van der Waals surface area (Å²) in [6.45, 7) is 4.82. The van der Waals surface area contributed by atoms with Gasteiger partial charge >= 0.3 is 5.97 Å². The second kappa shape index (κ2) is 10.6. The lowest BCUT2D eigenvalue weighted by Gasteiger charge is -2.36. The molecular formula is C16H30ClN3O6S. The number of halogens is 1. The highest BCUT2D eigenvalue weighted by atomic mass is 35.5. The van der Waals surface area contributed by atoms with E-state index in [9.17, 15) is 18.0 Å². The number of piperidine rings is 1. The van der Waals surface area contributed by atoms with Crippen LogP contribution in [0.15, 0.2) is 0 Å². The van der Waals surface area contributed by atoms with E-state index < -0.39 is 28.6 Å². The van der Waals surface area contributed by atoms with Gasteiger partial charge in [-0.1, -0.05) is 6.92 Å². The molecule has 2 aliphatic heterocycles. The molecule has 0 aromatic rings. The number of carbonyl (C=O) groups is 2. The quantitative estimate of drug-likeness (QED) is 0.595. The first-order valence-electron chi connectivity index (χ1n) is 8.94. The number of carboxylic acid groups (broad SMARTS) is 1. The van der Waals surface area contributed by atoms with Gasteiger partial charge in [0.2, 0.25) is 15.9 Å². The third kappa shape index (κ3) is 7.90. The first-order valence-corrected chi connectivity index (χ1v) is 10.8. The van der Waals surface area contributed by atoms with E-state index in [2.05, 4.69) is 6.92 Å². The second-order valence-electron chi connectivity index (χ2n) is 7.24. The average Bonchev–Trinajstić information content (AvgIpc) is 2.54. The van der Waals surface area contributed by atoms with E-state index in [4.69, 9.17) is 9.84 Å². The van der Waals surface area contributed by atoms with Gasteiger partial charge < -0.3 is 14.7 Å². The first kappa shape index (κ1) is 24.1. The Morgan fingerprint density at radius 3 is 2.41 bits per heavy atom. The lowest BCUT2D eigenvalue weighted by atomic mass is 9.99. The zero-order valence-corrected chi connectivity index (χ0v) is 17.5. The number of hydrogen-bond donors (Lipinski definition) is 1. The number of ether oxygens (including phenoxy) is 1. The largest absolute Gasteiger partial charge is 0.480 e. The Hall–Kier alpha value is -0.940. The molecular weight excluding hydrogens is 398 g/mol. The number of aliphatic carboxylic acids is 1. The molecule has 1 N–H and O–H groups in total. The van der Waals surface area contributed by atoms with Gasteiger partial charge in [-0.3, -0.25) is 14.5 Å². The van der Waals surface area contributed by atoms with Crippen molar-refractivity contribution in [3.8, 4) is 0 Å². The minimum Gasteiger partial charge on any atom is -0.480 e. The van der Waals surface area contributed by atoms with Crippen molar-refractivity contribution in [3.63, 3.8) is 0 Å². The van der Waals surface area contributed by atoms with Crippen LogP contribution in [0.4, 0.5) is 0 Å². The van der Waals surface area contributed by atoms with Crippen molar-refractivity contribution >= 4 is 34.3 Å². The fourth-order valence-corrected chi connectivity index (χ4v) is 4.06. The van der Waals surface area contributed by atoms with E-state index in [0.717, 1.165) is 36.5 Å². The number of morpholine rings is 1. The molecule has 2 heterocycles. The highest BCUT2D eigenvalue weighted by Gasteiger charge is 2.30. The topological polar surface area (TPSA) is 107 Å². The van der Waals surface area contributed by atoms with E-state index in [1.165, 1.54) is 0 Å². The summed E-state index contributed by atoms with van der Waals surface area (Å²) in [5.41, 5.74) is 0. The van der Waals surface area contributed by atoms with Crippen molar-refractivity contribution in [2.45, 2.75) is 25.9 Å². The summed E-state index contributed by atoms with van der Waals surface area (Å²) in [6.07, 6.45) is 2.58. The van der Waals surface area contributed by atoms with Crippen molar-refractivity contribution in [1.29, 1.82) is 0 Å². The van der Waals surface area contributed by atoms with Gasteiger partial charge in [-0.2, -0.15) is 4.31 Å². The third-order valence-electron chi connectivity index (χ3n) is 4.91. The van der Waals surface area contributed by atoms with Crippen molar-refractivity contribution in [2.75, 3.05) is 58.7 Å². The Balaban J connectivity index is 0.00000364. The second-order valence-corrected chi connectivity index (χ2v) is 9.22. The molecule has 0 bridgehead atoms. The van der Waals surface area contributed by atoms with Crippen molar-refractivity contribution in [2.24, 2.45) is 5.92 Å². The normalized spacial score (nSPS) is 22.5. The highest BCUT2D eigenvalue weighted by Crippen LogP contribution is 2.17. The predicted molar refractivity (Wildman–Crippen MR) is 102 cm³/mol. The molecule has 0 aliphatic carbocycles. The molecule has 0 aromatic heterocycles. The van der Waals surface area contributed by atoms with Gasteiger partial charge in [0, 0.05) is 32.7 Å². The average molecular weight is 428 g/mol. The Bertz CT molecular complexity index is 609. The van der Waals surface area contributed by atoms with E-state index in [1.807, 2.05) is 9.80 Å². The lowest BCUT2D eigenvalue weighted by molar-refractivity contribution is -0.137. The van der Waals surface area contributed by atoms with Crippen molar-refractivity contribution in [3.05, 3.63) is 0 Å². The highest BCUT2D eigenvalue weighted by molar-refractivity contribution is 7.88. The van der Waals surface area contributed by atoms with Gasteiger partial charge in [0.15, 0.2) is 0 Å². The van der Waals surface area contributed by atoms with Crippen LogP contribution in [0.1, 0.15) is 19.8 Å². The van der Waals surface area contributed by atoms with Gasteiger partial charge in [-0.25, -0.2) is 8.42 Å². The van der Waals surface area contributed by atoms with Crippen LogP contribution in [-0.4, -0.2) is 104 Å². The Labute approximate surface area is 167 Å². The van der Waals surface area contributed by atoms with Crippen LogP contribution in [0, 0.1) is 5.92 Å². The van der Waals surface area contributed by atoms with Gasteiger partial charge in [-0.15, -0.1) is 12.4 Å². The molecule has 11 heteroatoms. The first-order chi connectivity index (χ1) is 12.1. The number of sulfonamides is 1. The van der Waals surface area contributed by atoms with E-state index in [0.29, 0.717) is 25.6 Å². The van der Waals surface area contributed by atoms with E-state index in [-0.39, 0.29) is 31.4 Å². The molecule has 2 saturated heterocycles. The minimum atomic E-state index is -3.64. The van der Waals surface area contributed by atoms with Crippen molar-refractivity contribution in [1.82, 2.24) is 14.1 Å². The number of carboxylic acids is 1. The zero-order chi connectivity index (χ0) is 19.3. The van der Waals surface area contributed by atoms with Gasteiger partial charge in [0.1, 0.15) is 6.54 Å². The smallest absolute Gasteiger partial charge is 0.318 e. The van der Waals surface area contributed by atoms with Crippen LogP contribution >= 0.6 is 12.4 Å². The third-order valence-corrected chi connectivity index (χ3v) is 6.12. The maximum atomic E-state index is 12.5.